The van der Waals surface area contributed by atoms with Crippen LogP contribution in [0.15, 0.2) is 33.8 Å². The summed E-state index contributed by atoms with van der Waals surface area (Å²) in [5.74, 6) is 1.07. The van der Waals surface area contributed by atoms with Crippen molar-refractivity contribution in [3.8, 4) is 5.75 Å². The van der Waals surface area contributed by atoms with Gasteiger partial charge in [-0.1, -0.05) is 0 Å². The lowest BCUT2D eigenvalue weighted by atomic mass is 10.0. The molecule has 1 saturated carbocycles. The van der Waals surface area contributed by atoms with Crippen LogP contribution in [0.5, 0.6) is 5.75 Å². The third-order valence-corrected chi connectivity index (χ3v) is 10.4. The van der Waals surface area contributed by atoms with E-state index in [0.717, 1.165) is 39.0 Å². The zero-order valence-electron chi connectivity index (χ0n) is 23.0. The number of furan rings is 1. The Morgan fingerprint density at radius 2 is 1.63 bits per heavy atom. The molecule has 2 saturated heterocycles. The zero-order chi connectivity index (χ0) is 27.0. The summed E-state index contributed by atoms with van der Waals surface area (Å²) in [7, 11) is -0.0136. The summed E-state index contributed by atoms with van der Waals surface area (Å²) < 4.78 is 40.2. The van der Waals surface area contributed by atoms with Gasteiger partial charge >= 0.3 is 0 Å². The molecule has 0 atom stereocenters. The van der Waals surface area contributed by atoms with E-state index < -0.39 is 10.0 Å². The molecular formula is C28H40N4O5S. The standard InChI is InChI=1S/C28H40N4O5S/c1-20-15-25(36-4)16-21(2)27(20)38(34,35)32(24-5-6-24)18-26-17-22(19-37-26)28(33)31-13-11-30(12-14-31)23-7-9-29(3)10-8-23/h15-17,19,23-24H,5-14,18H2,1-4H3. The van der Waals surface area contributed by atoms with Gasteiger partial charge in [0.2, 0.25) is 10.0 Å². The maximum Gasteiger partial charge on any atom is 0.257 e. The number of nitrogens with zero attached hydrogens (tertiary/aromatic N) is 4. The van der Waals surface area contributed by atoms with Crippen molar-refractivity contribution in [2.45, 2.75) is 63.1 Å². The number of hydrogen-bond acceptors (Lipinski definition) is 7. The summed E-state index contributed by atoms with van der Waals surface area (Å²) in [6.07, 6.45) is 5.49. The Labute approximate surface area is 226 Å². The highest BCUT2D eigenvalue weighted by Gasteiger charge is 2.40. The van der Waals surface area contributed by atoms with Gasteiger partial charge in [-0.15, -0.1) is 0 Å². The molecule has 0 radical (unpaired) electrons. The molecule has 3 aliphatic rings. The van der Waals surface area contributed by atoms with Gasteiger partial charge in [-0.05, 0) is 89.0 Å². The van der Waals surface area contributed by atoms with Gasteiger partial charge in [0.15, 0.2) is 0 Å². The molecule has 5 rings (SSSR count). The normalized spacial score (nSPS) is 20.3. The number of piperazine rings is 1. The van der Waals surface area contributed by atoms with E-state index in [1.54, 1.807) is 39.2 Å². The molecule has 0 spiro atoms. The molecule has 2 aliphatic heterocycles. The highest BCUT2D eigenvalue weighted by Crippen LogP contribution is 2.37. The Morgan fingerprint density at radius 1 is 1.00 bits per heavy atom. The van der Waals surface area contributed by atoms with Crippen molar-refractivity contribution in [3.63, 3.8) is 0 Å². The minimum atomic E-state index is -3.76. The zero-order valence-corrected chi connectivity index (χ0v) is 23.8. The molecule has 10 heteroatoms. The minimum absolute atomic E-state index is 0.0503. The SMILES string of the molecule is COc1cc(C)c(S(=O)(=O)N(Cc2cc(C(=O)N3CCN(C4CCN(C)CC4)CC3)co2)C2CC2)c(C)c1. The lowest BCUT2D eigenvalue weighted by Gasteiger charge is -2.42. The Kier molecular flexibility index (Phi) is 7.86. The first-order valence-corrected chi connectivity index (χ1v) is 15.1. The molecule has 3 heterocycles. The first-order valence-electron chi connectivity index (χ1n) is 13.6. The van der Waals surface area contributed by atoms with Crippen molar-refractivity contribution < 1.29 is 22.4 Å². The number of piperidine rings is 1. The van der Waals surface area contributed by atoms with Crippen molar-refractivity contribution >= 4 is 15.9 Å². The number of methoxy groups -OCH3 is 1. The van der Waals surface area contributed by atoms with E-state index in [0.29, 0.717) is 52.2 Å². The lowest BCUT2D eigenvalue weighted by Crippen LogP contribution is -2.54. The van der Waals surface area contributed by atoms with Gasteiger partial charge in [-0.25, -0.2) is 8.42 Å². The van der Waals surface area contributed by atoms with Gasteiger partial charge in [0.1, 0.15) is 17.8 Å². The van der Waals surface area contributed by atoms with Crippen LogP contribution in [0.25, 0.3) is 0 Å². The fourth-order valence-electron chi connectivity index (χ4n) is 5.89. The quantitative estimate of drug-likeness (QED) is 0.505. The second kappa shape index (κ2) is 11.0. The molecule has 0 N–H and O–H groups in total. The Morgan fingerprint density at radius 3 is 2.21 bits per heavy atom. The van der Waals surface area contributed by atoms with Crippen LogP contribution in [-0.4, -0.2) is 98.8 Å². The molecule has 1 amide bonds. The van der Waals surface area contributed by atoms with Gasteiger partial charge in [0.05, 0.1) is 24.1 Å². The van der Waals surface area contributed by atoms with E-state index in [2.05, 4.69) is 16.8 Å². The Hall–Kier alpha value is -2.40. The molecule has 0 unspecified atom stereocenters. The molecule has 1 aromatic carbocycles. The smallest absolute Gasteiger partial charge is 0.257 e. The van der Waals surface area contributed by atoms with Crippen molar-refractivity contribution in [3.05, 3.63) is 46.9 Å². The fourth-order valence-corrected chi connectivity index (χ4v) is 7.95. The van der Waals surface area contributed by atoms with Crippen LogP contribution in [0, 0.1) is 13.8 Å². The lowest BCUT2D eigenvalue weighted by molar-refractivity contribution is 0.0474. The van der Waals surface area contributed by atoms with E-state index in [4.69, 9.17) is 9.15 Å². The summed E-state index contributed by atoms with van der Waals surface area (Å²) in [6, 6.07) is 5.77. The Bertz CT molecular complexity index is 1230. The highest BCUT2D eigenvalue weighted by atomic mass is 32.2. The average molecular weight is 545 g/mol. The number of carbonyl (C=O) groups excluding carboxylic acids is 1. The van der Waals surface area contributed by atoms with Gasteiger partial charge in [0.25, 0.3) is 5.91 Å². The minimum Gasteiger partial charge on any atom is -0.497 e. The van der Waals surface area contributed by atoms with Crippen molar-refractivity contribution in [1.82, 2.24) is 19.0 Å². The van der Waals surface area contributed by atoms with Crippen molar-refractivity contribution in [2.24, 2.45) is 0 Å². The number of aryl methyl sites for hydroxylation is 2. The largest absolute Gasteiger partial charge is 0.497 e. The fraction of sp³-hybridized carbons (Fsp3) is 0.607. The maximum absolute atomic E-state index is 13.8. The first kappa shape index (κ1) is 27.2. The monoisotopic (exact) mass is 544 g/mol. The topological polar surface area (TPSA) is 86.5 Å². The molecule has 0 bridgehead atoms. The molecule has 1 aromatic heterocycles. The van der Waals surface area contributed by atoms with E-state index >= 15 is 0 Å². The number of amides is 1. The number of rotatable bonds is 8. The number of benzene rings is 1. The summed E-state index contributed by atoms with van der Waals surface area (Å²) in [5, 5.41) is 0. The van der Waals surface area contributed by atoms with Crippen LogP contribution in [0.4, 0.5) is 0 Å². The number of carbonyl (C=O) groups is 1. The van der Waals surface area contributed by atoms with Crippen LogP contribution < -0.4 is 4.74 Å². The number of likely N-dealkylation sites (tertiary alicyclic amines) is 1. The van der Waals surface area contributed by atoms with Gasteiger partial charge in [-0.2, -0.15) is 4.31 Å². The summed E-state index contributed by atoms with van der Waals surface area (Å²) in [4.78, 5) is 20.3. The van der Waals surface area contributed by atoms with E-state index in [-0.39, 0.29) is 18.5 Å². The van der Waals surface area contributed by atoms with Crippen LogP contribution in [-0.2, 0) is 16.6 Å². The molecule has 208 valence electrons. The predicted molar refractivity (Wildman–Crippen MR) is 145 cm³/mol. The number of ether oxygens (including phenoxy) is 1. The average Bonchev–Trinajstić information content (AvgIpc) is 3.63. The molecular weight excluding hydrogens is 504 g/mol. The third kappa shape index (κ3) is 5.64. The van der Waals surface area contributed by atoms with Crippen molar-refractivity contribution in [2.75, 3.05) is 53.4 Å². The number of sulfonamides is 1. The third-order valence-electron chi connectivity index (χ3n) is 8.21. The predicted octanol–water partition coefficient (Wildman–Crippen LogP) is 3.11. The Balaban J connectivity index is 1.25. The van der Waals surface area contributed by atoms with Crippen molar-refractivity contribution in [1.29, 1.82) is 0 Å². The van der Waals surface area contributed by atoms with Crippen LogP contribution >= 0.6 is 0 Å². The second-order valence-corrected chi connectivity index (χ2v) is 12.9. The van der Waals surface area contributed by atoms with E-state index in [1.807, 2.05) is 4.90 Å². The van der Waals surface area contributed by atoms with E-state index in [9.17, 15) is 13.2 Å². The van der Waals surface area contributed by atoms with Crippen LogP contribution in [0.3, 0.4) is 0 Å². The van der Waals surface area contributed by atoms with Gasteiger partial charge in [0, 0.05) is 38.3 Å². The second-order valence-electron chi connectivity index (χ2n) is 11.0. The summed E-state index contributed by atoms with van der Waals surface area (Å²) >= 11 is 0. The molecule has 2 aromatic rings. The summed E-state index contributed by atoms with van der Waals surface area (Å²) in [5.41, 5.74) is 1.79. The van der Waals surface area contributed by atoms with Gasteiger partial charge in [-0.3, -0.25) is 9.69 Å². The van der Waals surface area contributed by atoms with Crippen LogP contribution in [0.2, 0.25) is 0 Å². The van der Waals surface area contributed by atoms with Gasteiger partial charge < -0.3 is 19.0 Å². The number of hydrogen-bond donors (Lipinski definition) is 0. The molecule has 1 aliphatic carbocycles. The highest BCUT2D eigenvalue weighted by molar-refractivity contribution is 7.89. The molecule has 38 heavy (non-hydrogen) atoms. The summed E-state index contributed by atoms with van der Waals surface area (Å²) in [6.45, 7) is 9.13. The maximum atomic E-state index is 13.8. The molecule has 3 fully saturated rings. The first-order chi connectivity index (χ1) is 18.2. The van der Waals surface area contributed by atoms with E-state index in [1.165, 1.54) is 23.4 Å². The molecule has 9 nitrogen and oxygen atoms in total. The van der Waals surface area contributed by atoms with Crippen LogP contribution in [0.1, 0.15) is 52.9 Å².